The summed E-state index contributed by atoms with van der Waals surface area (Å²) in [4.78, 5) is 14.5. The first-order valence-corrected chi connectivity index (χ1v) is 8.94. The predicted octanol–water partition coefficient (Wildman–Crippen LogP) is 0.541. The van der Waals surface area contributed by atoms with Gasteiger partial charge in [0, 0.05) is 38.3 Å². The number of piperazine rings is 1. The van der Waals surface area contributed by atoms with Crippen LogP contribution in [0.4, 0.5) is 0 Å². The molecule has 0 aliphatic carbocycles. The monoisotopic (exact) mass is 326 g/mol. The van der Waals surface area contributed by atoms with Crippen molar-refractivity contribution in [1.29, 1.82) is 0 Å². The van der Waals surface area contributed by atoms with Crippen molar-refractivity contribution in [2.75, 3.05) is 39.1 Å². The minimum absolute atomic E-state index is 0.0603. The quantitative estimate of drug-likeness (QED) is 0.855. The molecule has 0 spiro atoms. The highest BCUT2D eigenvalue weighted by molar-refractivity contribution is 7.91. The zero-order valence-corrected chi connectivity index (χ0v) is 13.7. The lowest BCUT2D eigenvalue weighted by atomic mass is 10.1. The van der Waals surface area contributed by atoms with Gasteiger partial charge in [0.15, 0.2) is 9.84 Å². The second kappa shape index (κ2) is 7.21. The fourth-order valence-electron chi connectivity index (χ4n) is 2.42. The Labute approximate surface area is 131 Å². The van der Waals surface area contributed by atoms with Gasteiger partial charge in [-0.2, -0.15) is 0 Å². The maximum Gasteiger partial charge on any atom is 0.254 e. The predicted molar refractivity (Wildman–Crippen MR) is 83.7 cm³/mol. The Bertz CT molecular complexity index is 613. The SMILES string of the molecule is COCCS(=O)(=O)c1ccc(C(=O)N2CCNC[C@@H]2C)cc1. The van der Waals surface area contributed by atoms with E-state index < -0.39 is 9.84 Å². The van der Waals surface area contributed by atoms with Crippen LogP contribution in [0.1, 0.15) is 17.3 Å². The Hall–Kier alpha value is -1.44. The van der Waals surface area contributed by atoms with Crippen molar-refractivity contribution in [3.8, 4) is 0 Å². The lowest BCUT2D eigenvalue weighted by Crippen LogP contribution is -2.52. The number of sulfone groups is 1. The van der Waals surface area contributed by atoms with Crippen LogP contribution >= 0.6 is 0 Å². The maximum atomic E-state index is 12.5. The maximum absolute atomic E-state index is 12.5. The highest BCUT2D eigenvalue weighted by atomic mass is 32.2. The van der Waals surface area contributed by atoms with Crippen molar-refractivity contribution in [2.45, 2.75) is 17.9 Å². The van der Waals surface area contributed by atoms with E-state index in [4.69, 9.17) is 4.74 Å². The molecule has 1 amide bonds. The molecular formula is C15H22N2O4S. The summed E-state index contributed by atoms with van der Waals surface area (Å²) >= 11 is 0. The second-order valence-corrected chi connectivity index (χ2v) is 7.50. The smallest absolute Gasteiger partial charge is 0.254 e. The summed E-state index contributed by atoms with van der Waals surface area (Å²) in [7, 11) is -1.90. The largest absolute Gasteiger partial charge is 0.384 e. The first kappa shape index (κ1) is 16.9. The minimum Gasteiger partial charge on any atom is -0.384 e. The molecule has 0 bridgehead atoms. The van der Waals surface area contributed by atoms with Gasteiger partial charge in [-0.15, -0.1) is 0 Å². The third-order valence-electron chi connectivity index (χ3n) is 3.78. The van der Waals surface area contributed by atoms with Crippen molar-refractivity contribution in [2.24, 2.45) is 0 Å². The number of nitrogens with one attached hydrogen (secondary N) is 1. The fourth-order valence-corrected chi connectivity index (χ4v) is 3.60. The molecule has 1 N–H and O–H groups in total. The van der Waals surface area contributed by atoms with E-state index in [1.54, 1.807) is 12.1 Å². The first-order chi connectivity index (χ1) is 10.5. The van der Waals surface area contributed by atoms with E-state index in [-0.39, 0.29) is 29.2 Å². The van der Waals surface area contributed by atoms with Gasteiger partial charge in [0.2, 0.25) is 0 Å². The summed E-state index contributed by atoms with van der Waals surface area (Å²) < 4.78 is 28.9. The third kappa shape index (κ3) is 3.85. The third-order valence-corrected chi connectivity index (χ3v) is 5.47. The van der Waals surface area contributed by atoms with E-state index in [1.165, 1.54) is 19.2 Å². The summed E-state index contributed by atoms with van der Waals surface area (Å²) in [5, 5.41) is 3.23. The van der Waals surface area contributed by atoms with Crippen LogP contribution in [0.25, 0.3) is 0 Å². The summed E-state index contributed by atoms with van der Waals surface area (Å²) in [6.07, 6.45) is 0. The van der Waals surface area contributed by atoms with Gasteiger partial charge in [0.1, 0.15) is 0 Å². The number of hydrogen-bond acceptors (Lipinski definition) is 5. The van der Waals surface area contributed by atoms with Crippen molar-refractivity contribution >= 4 is 15.7 Å². The number of hydrogen-bond donors (Lipinski definition) is 1. The zero-order valence-electron chi connectivity index (χ0n) is 12.9. The molecular weight excluding hydrogens is 304 g/mol. The van der Waals surface area contributed by atoms with Crippen LogP contribution in [0.15, 0.2) is 29.2 Å². The molecule has 122 valence electrons. The fraction of sp³-hybridized carbons (Fsp3) is 0.533. The summed E-state index contributed by atoms with van der Waals surface area (Å²) in [6, 6.07) is 6.27. The highest BCUT2D eigenvalue weighted by Crippen LogP contribution is 2.15. The molecule has 1 aromatic rings. The van der Waals surface area contributed by atoms with E-state index in [0.29, 0.717) is 12.1 Å². The normalized spacial score (nSPS) is 19.2. The lowest BCUT2D eigenvalue weighted by molar-refractivity contribution is 0.0655. The Morgan fingerprint density at radius 1 is 1.36 bits per heavy atom. The van der Waals surface area contributed by atoms with E-state index in [2.05, 4.69) is 5.32 Å². The molecule has 7 heteroatoms. The Morgan fingerprint density at radius 2 is 2.05 bits per heavy atom. The van der Waals surface area contributed by atoms with Gasteiger partial charge in [0.25, 0.3) is 5.91 Å². The van der Waals surface area contributed by atoms with Gasteiger partial charge in [0.05, 0.1) is 17.3 Å². The van der Waals surface area contributed by atoms with Crippen LogP contribution in [0, 0.1) is 0 Å². The van der Waals surface area contributed by atoms with Gasteiger partial charge in [-0.25, -0.2) is 8.42 Å². The molecule has 1 heterocycles. The number of ether oxygens (including phenoxy) is 1. The van der Waals surface area contributed by atoms with Gasteiger partial charge in [-0.3, -0.25) is 4.79 Å². The van der Waals surface area contributed by atoms with Gasteiger partial charge < -0.3 is 15.0 Å². The molecule has 1 aliphatic rings. The molecule has 0 unspecified atom stereocenters. The Balaban J connectivity index is 2.13. The Kier molecular flexibility index (Phi) is 5.55. The van der Waals surface area contributed by atoms with Crippen molar-refractivity contribution in [3.05, 3.63) is 29.8 Å². The Morgan fingerprint density at radius 3 is 2.64 bits per heavy atom. The number of rotatable bonds is 5. The van der Waals surface area contributed by atoms with E-state index in [0.717, 1.165) is 13.1 Å². The van der Waals surface area contributed by atoms with Crippen molar-refractivity contribution in [1.82, 2.24) is 10.2 Å². The van der Waals surface area contributed by atoms with E-state index in [1.807, 2.05) is 11.8 Å². The van der Waals surface area contributed by atoms with Gasteiger partial charge in [-0.1, -0.05) is 0 Å². The van der Waals surface area contributed by atoms with Crippen LogP contribution in [-0.2, 0) is 14.6 Å². The molecule has 1 fully saturated rings. The summed E-state index contributed by atoms with van der Waals surface area (Å²) in [6.45, 7) is 4.36. The minimum atomic E-state index is -3.36. The van der Waals surface area contributed by atoms with Crippen LogP contribution in [0.5, 0.6) is 0 Å². The summed E-state index contributed by atoms with van der Waals surface area (Å²) in [5.74, 6) is -0.124. The standard InChI is InChI=1S/C15H22N2O4S/c1-12-11-16-7-8-17(12)15(18)13-3-5-14(6-4-13)22(19,20)10-9-21-2/h3-6,12,16H,7-11H2,1-2H3/t12-/m0/s1. The number of carbonyl (C=O) groups is 1. The average molecular weight is 326 g/mol. The number of amides is 1. The van der Waals surface area contributed by atoms with Crippen molar-refractivity contribution < 1.29 is 17.9 Å². The average Bonchev–Trinajstić information content (AvgIpc) is 2.53. The zero-order chi connectivity index (χ0) is 16.2. The van der Waals surface area contributed by atoms with Crippen LogP contribution in [0.2, 0.25) is 0 Å². The van der Waals surface area contributed by atoms with E-state index >= 15 is 0 Å². The summed E-state index contributed by atoms with van der Waals surface area (Å²) in [5.41, 5.74) is 0.513. The van der Waals surface area contributed by atoms with E-state index in [9.17, 15) is 13.2 Å². The molecule has 1 saturated heterocycles. The number of nitrogens with zero attached hydrogens (tertiary/aromatic N) is 1. The van der Waals surface area contributed by atoms with Gasteiger partial charge in [-0.05, 0) is 31.2 Å². The molecule has 6 nitrogen and oxygen atoms in total. The number of carbonyl (C=O) groups excluding carboxylic acids is 1. The molecule has 22 heavy (non-hydrogen) atoms. The van der Waals surface area contributed by atoms with Gasteiger partial charge >= 0.3 is 0 Å². The number of benzene rings is 1. The second-order valence-electron chi connectivity index (χ2n) is 5.39. The molecule has 2 rings (SSSR count). The molecule has 0 saturated carbocycles. The van der Waals surface area contributed by atoms with Crippen LogP contribution < -0.4 is 5.32 Å². The number of methoxy groups -OCH3 is 1. The first-order valence-electron chi connectivity index (χ1n) is 7.29. The van der Waals surface area contributed by atoms with Crippen LogP contribution in [0.3, 0.4) is 0 Å². The van der Waals surface area contributed by atoms with Crippen LogP contribution in [-0.4, -0.2) is 64.4 Å². The topological polar surface area (TPSA) is 75.7 Å². The molecule has 1 aromatic carbocycles. The molecule has 0 aromatic heterocycles. The lowest BCUT2D eigenvalue weighted by Gasteiger charge is -2.34. The van der Waals surface area contributed by atoms with Crippen molar-refractivity contribution in [3.63, 3.8) is 0 Å². The highest BCUT2D eigenvalue weighted by Gasteiger charge is 2.24. The molecule has 1 aliphatic heterocycles. The molecule has 1 atom stereocenters. The molecule has 0 radical (unpaired) electrons.